The summed E-state index contributed by atoms with van der Waals surface area (Å²) < 4.78 is 7.20. The summed E-state index contributed by atoms with van der Waals surface area (Å²) >= 11 is 0. The van der Waals surface area contributed by atoms with Crippen molar-refractivity contribution in [2.24, 2.45) is 7.05 Å². The Morgan fingerprint density at radius 2 is 1.97 bits per heavy atom. The number of anilines is 1. The summed E-state index contributed by atoms with van der Waals surface area (Å²) in [7, 11) is 1.78. The summed E-state index contributed by atoms with van der Waals surface area (Å²) in [5.74, 6) is 4.18. The van der Waals surface area contributed by atoms with E-state index in [1.54, 1.807) is 17.8 Å². The van der Waals surface area contributed by atoms with Gasteiger partial charge in [-0.3, -0.25) is 10.00 Å². The molecule has 156 valence electrons. The lowest BCUT2D eigenvalue weighted by molar-refractivity contribution is -0.130. The van der Waals surface area contributed by atoms with E-state index in [1.807, 2.05) is 49.4 Å². The third-order valence-corrected chi connectivity index (χ3v) is 5.21. The fourth-order valence-electron chi connectivity index (χ4n) is 3.76. The zero-order valence-electron chi connectivity index (χ0n) is 17.2. The Labute approximate surface area is 179 Å². The third kappa shape index (κ3) is 4.28. The molecule has 3 aromatic rings. The zero-order valence-corrected chi connectivity index (χ0v) is 17.2. The molecule has 1 amide bonds. The van der Waals surface area contributed by atoms with Crippen molar-refractivity contribution in [3.63, 3.8) is 0 Å². The minimum Gasteiger partial charge on any atom is -0.472 e. The minimum atomic E-state index is -1.16. The van der Waals surface area contributed by atoms with Crippen LogP contribution in [0.3, 0.4) is 0 Å². The Kier molecular flexibility index (Phi) is 5.46. The fourth-order valence-corrected chi connectivity index (χ4v) is 3.76. The SMILES string of the molecule is CC(OC(=O)Nc1c2c(nn1C)CCc1cc(C#CC(=O)O)ccc1-2)c1ccccc1. The molecule has 0 fully saturated rings. The monoisotopic (exact) mass is 415 g/mol. The van der Waals surface area contributed by atoms with Crippen molar-refractivity contribution in [2.75, 3.05) is 5.32 Å². The standard InChI is InChI=1S/C24H21N3O4/c1-15(17-6-4-3-5-7-17)31-24(30)25-23-22-19-11-8-16(9-13-21(28)29)14-18(19)10-12-20(22)26-27(23)2/h3-8,11,14-15H,10,12H2,1-2H3,(H,25,30)(H,28,29). The largest absolute Gasteiger partial charge is 0.472 e. The molecule has 2 aromatic carbocycles. The molecule has 1 atom stereocenters. The number of rotatable bonds is 3. The lowest BCUT2D eigenvalue weighted by Crippen LogP contribution is -2.18. The molecule has 1 aliphatic carbocycles. The van der Waals surface area contributed by atoms with Crippen LogP contribution in [0.5, 0.6) is 0 Å². The van der Waals surface area contributed by atoms with Gasteiger partial charge in [0.15, 0.2) is 0 Å². The second-order valence-electron chi connectivity index (χ2n) is 7.30. The molecule has 2 N–H and O–H groups in total. The molecule has 0 bridgehead atoms. The Morgan fingerprint density at radius 3 is 2.71 bits per heavy atom. The van der Waals surface area contributed by atoms with Crippen molar-refractivity contribution in [1.29, 1.82) is 0 Å². The van der Waals surface area contributed by atoms with Crippen LogP contribution in [0.15, 0.2) is 48.5 Å². The molecular weight excluding hydrogens is 394 g/mol. The van der Waals surface area contributed by atoms with Gasteiger partial charge in [-0.25, -0.2) is 9.59 Å². The molecule has 0 radical (unpaired) electrons. The second kappa shape index (κ2) is 8.36. The van der Waals surface area contributed by atoms with Crippen molar-refractivity contribution < 1.29 is 19.4 Å². The Morgan fingerprint density at radius 1 is 1.19 bits per heavy atom. The molecule has 1 aromatic heterocycles. The molecule has 1 aliphatic rings. The van der Waals surface area contributed by atoms with Crippen molar-refractivity contribution in [3.8, 4) is 23.0 Å². The van der Waals surface area contributed by atoms with E-state index in [0.29, 0.717) is 17.8 Å². The van der Waals surface area contributed by atoms with E-state index in [2.05, 4.69) is 22.3 Å². The number of ether oxygens (including phenoxy) is 1. The van der Waals surface area contributed by atoms with Crippen molar-refractivity contribution in [1.82, 2.24) is 9.78 Å². The first-order chi connectivity index (χ1) is 14.9. The Balaban J connectivity index is 1.60. The van der Waals surface area contributed by atoms with Gasteiger partial charge in [0.2, 0.25) is 0 Å². The molecule has 7 heteroatoms. The highest BCUT2D eigenvalue weighted by atomic mass is 16.6. The predicted molar refractivity (Wildman–Crippen MR) is 116 cm³/mol. The molecule has 1 heterocycles. The van der Waals surface area contributed by atoms with Crippen LogP contribution in [0, 0.1) is 11.8 Å². The number of aliphatic carboxylic acids is 1. The van der Waals surface area contributed by atoms with Gasteiger partial charge in [-0.05, 0) is 48.6 Å². The van der Waals surface area contributed by atoms with Crippen LogP contribution in [0.25, 0.3) is 11.1 Å². The molecule has 0 aliphatic heterocycles. The molecule has 4 rings (SSSR count). The summed E-state index contributed by atoms with van der Waals surface area (Å²) in [6, 6.07) is 15.1. The van der Waals surface area contributed by atoms with Gasteiger partial charge in [0.1, 0.15) is 11.9 Å². The maximum atomic E-state index is 12.6. The van der Waals surface area contributed by atoms with Gasteiger partial charge >= 0.3 is 12.1 Å². The van der Waals surface area contributed by atoms with Crippen LogP contribution in [0.1, 0.15) is 35.4 Å². The number of carbonyl (C=O) groups is 2. The molecule has 0 saturated heterocycles. The smallest absolute Gasteiger partial charge is 0.413 e. The van der Waals surface area contributed by atoms with Crippen molar-refractivity contribution in [3.05, 3.63) is 70.9 Å². The lowest BCUT2D eigenvalue weighted by Gasteiger charge is -2.18. The number of nitrogens with zero attached hydrogens (tertiary/aromatic N) is 2. The number of carboxylic acid groups (broad SMARTS) is 1. The van der Waals surface area contributed by atoms with Crippen LogP contribution in [-0.2, 0) is 29.4 Å². The number of benzene rings is 2. The number of carbonyl (C=O) groups excluding carboxylic acids is 1. The molecule has 1 unspecified atom stereocenters. The summed E-state index contributed by atoms with van der Waals surface area (Å²) in [4.78, 5) is 23.3. The Hall–Kier alpha value is -4.05. The summed E-state index contributed by atoms with van der Waals surface area (Å²) in [5.41, 5.74) is 5.27. The van der Waals surface area contributed by atoms with Gasteiger partial charge in [-0.2, -0.15) is 5.10 Å². The minimum absolute atomic E-state index is 0.395. The van der Waals surface area contributed by atoms with E-state index < -0.39 is 18.2 Å². The number of aromatic nitrogens is 2. The van der Waals surface area contributed by atoms with E-state index in [4.69, 9.17) is 9.84 Å². The van der Waals surface area contributed by atoms with Crippen LogP contribution in [-0.4, -0.2) is 26.9 Å². The average Bonchev–Trinajstić information content (AvgIpc) is 3.08. The zero-order chi connectivity index (χ0) is 22.0. The maximum Gasteiger partial charge on any atom is 0.413 e. The molecule has 31 heavy (non-hydrogen) atoms. The van der Waals surface area contributed by atoms with Crippen LogP contribution in [0.4, 0.5) is 10.6 Å². The number of hydrogen-bond donors (Lipinski definition) is 2. The second-order valence-corrected chi connectivity index (χ2v) is 7.30. The number of hydrogen-bond acceptors (Lipinski definition) is 4. The van der Waals surface area contributed by atoms with E-state index in [0.717, 1.165) is 34.4 Å². The fraction of sp³-hybridized carbons (Fsp3) is 0.208. The van der Waals surface area contributed by atoms with Gasteiger partial charge in [0, 0.05) is 24.1 Å². The first-order valence-electron chi connectivity index (χ1n) is 9.89. The highest BCUT2D eigenvalue weighted by Crippen LogP contribution is 2.39. The molecule has 0 spiro atoms. The molecular formula is C24H21N3O4. The summed E-state index contributed by atoms with van der Waals surface area (Å²) in [6.07, 6.45) is 0.520. The predicted octanol–water partition coefficient (Wildman–Crippen LogP) is 3.93. The number of fused-ring (bicyclic) bond motifs is 3. The summed E-state index contributed by atoms with van der Waals surface area (Å²) in [5, 5.41) is 16.2. The van der Waals surface area contributed by atoms with Gasteiger partial charge in [0.25, 0.3) is 0 Å². The number of nitrogens with one attached hydrogen (secondary N) is 1. The quantitative estimate of drug-likeness (QED) is 0.632. The summed E-state index contributed by atoms with van der Waals surface area (Å²) in [6.45, 7) is 1.82. The topological polar surface area (TPSA) is 93.5 Å². The van der Waals surface area contributed by atoms with Crippen LogP contribution >= 0.6 is 0 Å². The van der Waals surface area contributed by atoms with E-state index in [1.165, 1.54) is 0 Å². The average molecular weight is 415 g/mol. The van der Waals surface area contributed by atoms with E-state index in [-0.39, 0.29) is 0 Å². The first kappa shape index (κ1) is 20.2. The van der Waals surface area contributed by atoms with Crippen molar-refractivity contribution in [2.45, 2.75) is 25.9 Å². The highest BCUT2D eigenvalue weighted by Gasteiger charge is 2.26. The lowest BCUT2D eigenvalue weighted by atomic mass is 9.88. The van der Waals surface area contributed by atoms with Gasteiger partial charge in [-0.15, -0.1) is 0 Å². The third-order valence-electron chi connectivity index (χ3n) is 5.21. The van der Waals surface area contributed by atoms with Gasteiger partial charge < -0.3 is 9.84 Å². The van der Waals surface area contributed by atoms with Crippen LogP contribution < -0.4 is 5.32 Å². The van der Waals surface area contributed by atoms with E-state index in [9.17, 15) is 9.59 Å². The van der Waals surface area contributed by atoms with Gasteiger partial charge in [-0.1, -0.05) is 42.3 Å². The maximum absolute atomic E-state index is 12.6. The molecule has 0 saturated carbocycles. The highest BCUT2D eigenvalue weighted by molar-refractivity contribution is 5.92. The number of carboxylic acids is 1. The van der Waals surface area contributed by atoms with Gasteiger partial charge in [0.05, 0.1) is 5.69 Å². The number of amides is 1. The number of aryl methyl sites for hydroxylation is 3. The van der Waals surface area contributed by atoms with Crippen LogP contribution in [0.2, 0.25) is 0 Å². The van der Waals surface area contributed by atoms with Crippen molar-refractivity contribution >= 4 is 17.9 Å². The first-order valence-corrected chi connectivity index (χ1v) is 9.89. The Bertz CT molecular complexity index is 1220. The van der Waals surface area contributed by atoms with E-state index >= 15 is 0 Å². The normalized spacial score (nSPS) is 12.6. The molecule has 7 nitrogen and oxygen atoms in total.